The van der Waals surface area contributed by atoms with Crippen molar-refractivity contribution in [1.82, 2.24) is 5.32 Å². The summed E-state index contributed by atoms with van der Waals surface area (Å²) in [6.07, 6.45) is 2.46. The summed E-state index contributed by atoms with van der Waals surface area (Å²) in [5, 5.41) is 6.61. The van der Waals surface area contributed by atoms with E-state index in [0.717, 1.165) is 18.8 Å². The Morgan fingerprint density at radius 2 is 1.73 bits per heavy atom. The number of hydrogen-bond donors (Lipinski definition) is 2. The standard InChI is InChI=1S/C22H19Cl2N3O2S/c23-17-5-3-4-16(20(17)24)18-10-11-19(29-18)21(28)26-22(30)25-14-6-8-15(9-7-14)27-12-1-2-13-27/h3-11H,1-2,12-13H2,(H2,25,26,28,30). The Morgan fingerprint density at radius 1 is 1.00 bits per heavy atom. The lowest BCUT2D eigenvalue weighted by molar-refractivity contribution is 0.0951. The summed E-state index contributed by atoms with van der Waals surface area (Å²) in [5.41, 5.74) is 2.60. The quantitative estimate of drug-likeness (QED) is 0.469. The Morgan fingerprint density at radius 3 is 2.47 bits per heavy atom. The van der Waals surface area contributed by atoms with Gasteiger partial charge in [0.05, 0.1) is 10.0 Å². The van der Waals surface area contributed by atoms with Crippen LogP contribution in [0.3, 0.4) is 0 Å². The lowest BCUT2D eigenvalue weighted by Crippen LogP contribution is -2.33. The van der Waals surface area contributed by atoms with Crippen molar-refractivity contribution in [3.05, 3.63) is 70.4 Å². The Labute approximate surface area is 190 Å². The van der Waals surface area contributed by atoms with Gasteiger partial charge in [0.25, 0.3) is 5.91 Å². The number of nitrogens with zero attached hydrogens (tertiary/aromatic N) is 1. The monoisotopic (exact) mass is 459 g/mol. The third kappa shape index (κ3) is 4.61. The highest BCUT2D eigenvalue weighted by molar-refractivity contribution is 7.80. The van der Waals surface area contributed by atoms with E-state index in [0.29, 0.717) is 21.4 Å². The summed E-state index contributed by atoms with van der Waals surface area (Å²) in [6, 6.07) is 16.4. The number of benzene rings is 2. The second-order valence-corrected chi connectivity index (χ2v) is 8.11. The van der Waals surface area contributed by atoms with Crippen molar-refractivity contribution in [1.29, 1.82) is 0 Å². The fourth-order valence-corrected chi connectivity index (χ4v) is 3.96. The van der Waals surface area contributed by atoms with Crippen molar-refractivity contribution >= 4 is 57.8 Å². The topological polar surface area (TPSA) is 57.5 Å². The van der Waals surface area contributed by atoms with Gasteiger partial charge in [-0.05, 0) is 73.6 Å². The molecule has 0 spiro atoms. The summed E-state index contributed by atoms with van der Waals surface area (Å²) in [6.45, 7) is 2.18. The van der Waals surface area contributed by atoms with E-state index in [4.69, 9.17) is 39.8 Å². The van der Waals surface area contributed by atoms with Gasteiger partial charge >= 0.3 is 0 Å². The number of amides is 1. The van der Waals surface area contributed by atoms with E-state index in [9.17, 15) is 4.79 Å². The molecule has 2 aromatic carbocycles. The van der Waals surface area contributed by atoms with Crippen LogP contribution < -0.4 is 15.5 Å². The smallest absolute Gasteiger partial charge is 0.293 e. The molecule has 1 saturated heterocycles. The van der Waals surface area contributed by atoms with Crippen LogP contribution in [0.5, 0.6) is 0 Å². The number of carbonyl (C=O) groups excluding carboxylic acids is 1. The van der Waals surface area contributed by atoms with E-state index in [2.05, 4.69) is 15.5 Å². The van der Waals surface area contributed by atoms with Gasteiger partial charge in [0.1, 0.15) is 5.76 Å². The highest BCUT2D eigenvalue weighted by Gasteiger charge is 2.16. The fourth-order valence-electron chi connectivity index (χ4n) is 3.36. The van der Waals surface area contributed by atoms with Crippen LogP contribution in [0.4, 0.5) is 11.4 Å². The molecular weight excluding hydrogens is 441 g/mol. The zero-order valence-corrected chi connectivity index (χ0v) is 18.3. The van der Waals surface area contributed by atoms with E-state index in [1.807, 2.05) is 24.3 Å². The number of furan rings is 1. The number of nitrogens with one attached hydrogen (secondary N) is 2. The molecule has 0 radical (unpaired) electrons. The van der Waals surface area contributed by atoms with Crippen LogP contribution in [0, 0.1) is 0 Å². The number of carbonyl (C=O) groups is 1. The maximum atomic E-state index is 12.5. The first-order valence-corrected chi connectivity index (χ1v) is 10.7. The van der Waals surface area contributed by atoms with Gasteiger partial charge in [0, 0.05) is 30.0 Å². The molecule has 2 N–H and O–H groups in total. The molecule has 2 heterocycles. The zero-order chi connectivity index (χ0) is 21.1. The predicted molar refractivity (Wildman–Crippen MR) is 126 cm³/mol. The Balaban J connectivity index is 1.37. The third-order valence-electron chi connectivity index (χ3n) is 4.87. The molecule has 8 heteroatoms. The summed E-state index contributed by atoms with van der Waals surface area (Å²) in [7, 11) is 0. The second kappa shape index (κ2) is 9.08. The van der Waals surface area contributed by atoms with Crippen molar-refractivity contribution in [2.75, 3.05) is 23.3 Å². The lowest BCUT2D eigenvalue weighted by Gasteiger charge is -2.18. The molecule has 1 aliphatic rings. The number of anilines is 2. The van der Waals surface area contributed by atoms with Crippen molar-refractivity contribution in [2.24, 2.45) is 0 Å². The molecule has 0 aliphatic carbocycles. The molecule has 30 heavy (non-hydrogen) atoms. The van der Waals surface area contributed by atoms with E-state index in [1.54, 1.807) is 30.3 Å². The minimum absolute atomic E-state index is 0.120. The molecule has 0 unspecified atom stereocenters. The van der Waals surface area contributed by atoms with Crippen molar-refractivity contribution in [3.8, 4) is 11.3 Å². The molecule has 154 valence electrons. The van der Waals surface area contributed by atoms with Crippen LogP contribution in [0.1, 0.15) is 23.4 Å². The number of halogens is 2. The van der Waals surface area contributed by atoms with Crippen LogP contribution in [0.25, 0.3) is 11.3 Å². The van der Waals surface area contributed by atoms with Crippen LogP contribution >= 0.6 is 35.4 Å². The first-order chi connectivity index (χ1) is 14.5. The Hall–Kier alpha value is -2.54. The van der Waals surface area contributed by atoms with Gasteiger partial charge in [-0.2, -0.15) is 0 Å². The highest BCUT2D eigenvalue weighted by atomic mass is 35.5. The summed E-state index contributed by atoms with van der Waals surface area (Å²) in [4.78, 5) is 14.8. The van der Waals surface area contributed by atoms with E-state index < -0.39 is 5.91 Å². The zero-order valence-electron chi connectivity index (χ0n) is 16.0. The van der Waals surface area contributed by atoms with Gasteiger partial charge in [0.15, 0.2) is 10.9 Å². The summed E-state index contributed by atoms with van der Waals surface area (Å²) < 4.78 is 5.64. The average molecular weight is 460 g/mol. The Kier molecular flexibility index (Phi) is 6.27. The van der Waals surface area contributed by atoms with E-state index >= 15 is 0 Å². The molecule has 1 aliphatic heterocycles. The summed E-state index contributed by atoms with van der Waals surface area (Å²) in [5.74, 6) is 0.115. The highest BCUT2D eigenvalue weighted by Crippen LogP contribution is 2.34. The average Bonchev–Trinajstić information content (AvgIpc) is 3.43. The molecular formula is C22H19Cl2N3O2S. The van der Waals surface area contributed by atoms with Crippen molar-refractivity contribution < 1.29 is 9.21 Å². The SMILES string of the molecule is O=C(NC(=S)Nc1ccc(N2CCCC2)cc1)c1ccc(-c2cccc(Cl)c2Cl)o1. The number of thiocarbonyl (C=S) groups is 1. The second-order valence-electron chi connectivity index (χ2n) is 6.91. The maximum absolute atomic E-state index is 12.5. The molecule has 0 bridgehead atoms. The van der Waals surface area contributed by atoms with Crippen LogP contribution in [-0.2, 0) is 0 Å². The molecule has 0 saturated carbocycles. The largest absolute Gasteiger partial charge is 0.451 e. The van der Waals surface area contributed by atoms with E-state index in [1.165, 1.54) is 18.5 Å². The molecule has 3 aromatic rings. The molecule has 0 atom stereocenters. The molecule has 1 aromatic heterocycles. The number of rotatable bonds is 4. The first-order valence-electron chi connectivity index (χ1n) is 9.53. The summed E-state index contributed by atoms with van der Waals surface area (Å²) >= 11 is 17.5. The minimum atomic E-state index is -0.453. The van der Waals surface area contributed by atoms with Gasteiger partial charge in [-0.3, -0.25) is 10.1 Å². The van der Waals surface area contributed by atoms with Crippen molar-refractivity contribution in [2.45, 2.75) is 12.8 Å². The maximum Gasteiger partial charge on any atom is 0.293 e. The van der Waals surface area contributed by atoms with E-state index in [-0.39, 0.29) is 10.9 Å². The molecule has 1 fully saturated rings. The van der Waals surface area contributed by atoms with Crippen LogP contribution in [0.15, 0.2) is 59.0 Å². The first kappa shape index (κ1) is 20.7. The van der Waals surface area contributed by atoms with Gasteiger partial charge < -0.3 is 14.6 Å². The van der Waals surface area contributed by atoms with Gasteiger partial charge in [-0.1, -0.05) is 29.3 Å². The number of hydrogen-bond acceptors (Lipinski definition) is 4. The van der Waals surface area contributed by atoms with Gasteiger partial charge in [-0.15, -0.1) is 0 Å². The normalized spacial score (nSPS) is 13.3. The van der Waals surface area contributed by atoms with Gasteiger partial charge in [0.2, 0.25) is 0 Å². The lowest BCUT2D eigenvalue weighted by atomic mass is 10.2. The minimum Gasteiger partial charge on any atom is -0.451 e. The molecule has 1 amide bonds. The van der Waals surface area contributed by atoms with Crippen LogP contribution in [0.2, 0.25) is 10.0 Å². The third-order valence-corrected chi connectivity index (χ3v) is 5.89. The van der Waals surface area contributed by atoms with Crippen LogP contribution in [-0.4, -0.2) is 24.1 Å². The fraction of sp³-hybridized carbons (Fsp3) is 0.182. The Bertz CT molecular complexity index is 1080. The molecule has 5 nitrogen and oxygen atoms in total. The van der Waals surface area contributed by atoms with Gasteiger partial charge in [-0.25, -0.2) is 0 Å². The van der Waals surface area contributed by atoms with Crippen molar-refractivity contribution in [3.63, 3.8) is 0 Å². The predicted octanol–water partition coefficient (Wildman–Crippen LogP) is 5.98. The molecule has 4 rings (SSSR count).